The zero-order valence-electron chi connectivity index (χ0n) is 48.9. The highest BCUT2D eigenvalue weighted by Gasteiger charge is 2.22. The highest BCUT2D eigenvalue weighted by Crippen LogP contribution is 2.42. The first kappa shape index (κ1) is 53.2. The lowest BCUT2D eigenvalue weighted by Crippen LogP contribution is -1.90. The molecule has 0 radical (unpaired) electrons. The molecule has 0 fully saturated rings. The number of aromatic amines is 6. The lowest BCUT2D eigenvalue weighted by Gasteiger charge is -2.09. The molecule has 2 aliphatic heterocycles. The Hall–Kier alpha value is -13.1. The van der Waals surface area contributed by atoms with Crippen LogP contribution >= 0.6 is 0 Å². The first-order chi connectivity index (χ1) is 45.6. The van der Waals surface area contributed by atoms with E-state index >= 15 is 0 Å². The van der Waals surface area contributed by atoms with Crippen molar-refractivity contribution in [1.82, 2.24) is 80.7 Å². The molecule has 0 saturated carbocycles. The summed E-state index contributed by atoms with van der Waals surface area (Å²) in [6.45, 7) is 0. The normalized spacial score (nSPS) is 11.8. The Kier molecular flexibility index (Phi) is 13.0. The van der Waals surface area contributed by atoms with Gasteiger partial charge in [-0.25, -0.2) is 9.97 Å². The molecule has 13 heterocycles. The maximum absolute atomic E-state index is 5.66. The minimum atomic E-state index is 0.789. The van der Waals surface area contributed by atoms with Crippen molar-refractivity contribution in [2.75, 3.05) is 0 Å². The molecule has 2 aliphatic rings. The van der Waals surface area contributed by atoms with E-state index in [0.717, 1.165) is 179 Å². The molecule has 0 saturated heterocycles. The van der Waals surface area contributed by atoms with Crippen molar-refractivity contribution >= 4 is 46.4 Å². The summed E-state index contributed by atoms with van der Waals surface area (Å²) in [6.07, 6.45) is 30.6. The van der Waals surface area contributed by atoms with Gasteiger partial charge in [-0.3, -0.25) is 40.3 Å². The molecule has 434 valence electrons. The first-order valence-corrected chi connectivity index (χ1v) is 30.0. The molecule has 6 N–H and O–H groups in total. The highest BCUT2D eigenvalue weighted by atomic mass is 15.1. The fourth-order valence-corrected chi connectivity index (χ4v) is 12.6. The number of fused-ring (bicyclic) bond motifs is 8. The monoisotopic (exact) mass is 1190 g/mol. The van der Waals surface area contributed by atoms with E-state index in [4.69, 9.17) is 9.97 Å². The van der Waals surface area contributed by atoms with Crippen molar-refractivity contribution in [2.45, 2.75) is 0 Å². The molecule has 8 bridgehead atoms. The average molecular weight is 1190 g/mol. The van der Waals surface area contributed by atoms with Gasteiger partial charge >= 0.3 is 0 Å². The lowest BCUT2D eigenvalue weighted by atomic mass is 9.98. The third-order valence-corrected chi connectivity index (χ3v) is 17.1. The quantitative estimate of drug-likeness (QED) is 0.0679. The summed E-state index contributed by atoms with van der Waals surface area (Å²) in [4.78, 5) is 36.2. The van der Waals surface area contributed by atoms with Crippen molar-refractivity contribution < 1.29 is 0 Å². The van der Waals surface area contributed by atoms with E-state index < -0.39 is 0 Å². The second kappa shape index (κ2) is 22.6. The van der Waals surface area contributed by atoms with E-state index in [0.29, 0.717) is 0 Å². The number of rotatable bonds is 12. The molecular formula is C76H50N16. The molecule has 0 spiro atoms. The standard InChI is InChI=1S/C76H50N16/c1-9-49(10-2-45(1)57-41-81-89-73(57)53-25-33-77-34-26-53)69-61-17-19-63(85-61)70(50-11-3-46(4-12-50)58-42-82-90-74(58)54-27-35-78-36-28-54)65-21-23-67(87-65)72(52-15-7-48(8-16-52)60-44-84-92-76(60)56-31-39-80-40-32-56)68-24-22-66(88-68)71(64-20-18-62(69)86-64)51-13-5-47(6-14-51)59-43-83-91-75(59)55-29-37-79-38-30-55/h1-44,85,88H,(H,81,89)(H,82,90)(H,83,91)(H,84,92). The van der Waals surface area contributed by atoms with Gasteiger partial charge in [0.2, 0.25) is 0 Å². The summed E-state index contributed by atoms with van der Waals surface area (Å²) in [5.74, 6) is 0. The zero-order chi connectivity index (χ0) is 60.9. The van der Waals surface area contributed by atoms with Gasteiger partial charge in [0.1, 0.15) is 0 Å². The molecule has 17 rings (SSSR count). The van der Waals surface area contributed by atoms with E-state index in [9.17, 15) is 0 Å². The smallest absolute Gasteiger partial charge is 0.1000 e. The number of benzene rings is 4. The Morgan fingerprint density at radius 2 is 0.413 bits per heavy atom. The summed E-state index contributed by atoms with van der Waals surface area (Å²) >= 11 is 0. The summed E-state index contributed by atoms with van der Waals surface area (Å²) in [6, 6.07) is 59.0. The van der Waals surface area contributed by atoms with E-state index in [-0.39, 0.29) is 0 Å². The van der Waals surface area contributed by atoms with Crippen LogP contribution in [0.1, 0.15) is 22.8 Å². The third-order valence-electron chi connectivity index (χ3n) is 17.1. The molecule has 4 aromatic carbocycles. The van der Waals surface area contributed by atoms with Crippen LogP contribution in [0.5, 0.6) is 0 Å². The highest BCUT2D eigenvalue weighted by molar-refractivity contribution is 6.01. The van der Waals surface area contributed by atoms with Crippen molar-refractivity contribution in [3.63, 3.8) is 0 Å². The lowest BCUT2D eigenvalue weighted by molar-refractivity contribution is 1.09. The first-order valence-electron chi connectivity index (χ1n) is 30.0. The van der Waals surface area contributed by atoms with Gasteiger partial charge in [0.15, 0.2) is 0 Å². The van der Waals surface area contributed by atoms with Gasteiger partial charge in [0.25, 0.3) is 0 Å². The maximum Gasteiger partial charge on any atom is 0.1000 e. The van der Waals surface area contributed by atoms with E-state index in [2.05, 4.69) is 216 Å². The fraction of sp³-hybridized carbons (Fsp3) is 0. The Morgan fingerprint density at radius 1 is 0.207 bits per heavy atom. The van der Waals surface area contributed by atoms with Crippen LogP contribution in [0.3, 0.4) is 0 Å². The van der Waals surface area contributed by atoms with E-state index in [1.54, 1.807) is 49.6 Å². The Morgan fingerprint density at radius 3 is 0.630 bits per heavy atom. The van der Waals surface area contributed by atoms with Gasteiger partial charge in [-0.05, 0) is 142 Å². The van der Waals surface area contributed by atoms with Crippen LogP contribution in [0.15, 0.2) is 244 Å². The summed E-state index contributed by atoms with van der Waals surface area (Å²) in [5.41, 5.74) is 29.5. The topological polar surface area (TPSA) is 224 Å². The summed E-state index contributed by atoms with van der Waals surface area (Å²) in [7, 11) is 0. The number of pyridine rings is 4. The number of nitrogens with one attached hydrogen (secondary N) is 6. The summed E-state index contributed by atoms with van der Waals surface area (Å²) < 4.78 is 0. The van der Waals surface area contributed by atoms with Gasteiger partial charge in [0.05, 0.1) is 45.6 Å². The Labute approximate surface area is 525 Å². The predicted molar refractivity (Wildman–Crippen MR) is 364 cm³/mol. The Bertz CT molecular complexity index is 4790. The average Bonchev–Trinajstić information content (AvgIpc) is 1.96. The van der Waals surface area contributed by atoms with Gasteiger partial charge in [-0.2, -0.15) is 20.4 Å². The van der Waals surface area contributed by atoms with Gasteiger partial charge in [-0.15, -0.1) is 0 Å². The number of aromatic nitrogens is 16. The largest absolute Gasteiger partial charge is 0.354 e. The number of nitrogens with zero attached hydrogens (tertiary/aromatic N) is 10. The van der Waals surface area contributed by atoms with Crippen molar-refractivity contribution in [2.24, 2.45) is 0 Å². The summed E-state index contributed by atoms with van der Waals surface area (Å²) in [5, 5.41) is 31.1. The van der Waals surface area contributed by atoms with Gasteiger partial charge in [-0.1, -0.05) is 97.1 Å². The number of hydrogen-bond donors (Lipinski definition) is 6. The third kappa shape index (κ3) is 9.60. The van der Waals surface area contributed by atoms with Crippen LogP contribution in [0.2, 0.25) is 0 Å². The fourth-order valence-electron chi connectivity index (χ4n) is 12.6. The van der Waals surface area contributed by atoms with Crippen LogP contribution in [0, 0.1) is 0 Å². The predicted octanol–water partition coefficient (Wildman–Crippen LogP) is 17.1. The van der Waals surface area contributed by atoms with Gasteiger partial charge < -0.3 is 9.97 Å². The van der Waals surface area contributed by atoms with Crippen molar-refractivity contribution in [1.29, 1.82) is 0 Å². The minimum absolute atomic E-state index is 0.789. The van der Waals surface area contributed by atoms with E-state index in [1.807, 2.05) is 73.3 Å². The molecule has 0 amide bonds. The van der Waals surface area contributed by atoms with E-state index in [1.165, 1.54) is 0 Å². The molecule has 0 aliphatic carbocycles. The zero-order valence-corrected chi connectivity index (χ0v) is 48.9. The molecule has 92 heavy (non-hydrogen) atoms. The van der Waals surface area contributed by atoms with Crippen LogP contribution in [-0.4, -0.2) is 80.7 Å². The molecule has 16 heteroatoms. The molecule has 16 nitrogen and oxygen atoms in total. The molecule has 15 aromatic rings. The van der Waals surface area contributed by atoms with Gasteiger partial charge in [0, 0.05) is 163 Å². The molecule has 0 atom stereocenters. The molecule has 11 aromatic heterocycles. The molecule has 0 unspecified atom stereocenters. The number of hydrogen-bond acceptors (Lipinski definition) is 10. The van der Waals surface area contributed by atoms with Crippen LogP contribution in [0.25, 0.3) is 180 Å². The minimum Gasteiger partial charge on any atom is -0.354 e. The van der Waals surface area contributed by atoms with Crippen molar-refractivity contribution in [3.05, 3.63) is 267 Å². The Balaban J connectivity index is 0.889. The van der Waals surface area contributed by atoms with Crippen LogP contribution in [0.4, 0.5) is 0 Å². The SMILES string of the molecule is C1=Cc2nc1c(-c1ccc(-c3c[nH]nc3-c3ccncc3)cc1)c1ccc([nH]1)c(-c1ccc(-c3c[nH]nc3-c3ccncc3)cc1)c1nc(c(-c3ccc(-c4c[nH]nc4-c4ccncc4)cc3)c3ccc([nH]3)c2-c2ccc(-c3c[nH]nc3-c3ccncc3)cc2)C=C1. The number of H-pyrrole nitrogens is 6. The second-order valence-corrected chi connectivity index (χ2v) is 22.3. The molecular weight excluding hydrogens is 1140 g/mol. The van der Waals surface area contributed by atoms with Crippen LogP contribution in [-0.2, 0) is 0 Å². The maximum atomic E-state index is 5.66. The van der Waals surface area contributed by atoms with Crippen LogP contribution < -0.4 is 0 Å². The second-order valence-electron chi connectivity index (χ2n) is 22.3. The van der Waals surface area contributed by atoms with Crippen molar-refractivity contribution in [3.8, 4) is 134 Å².